The van der Waals surface area contributed by atoms with Gasteiger partial charge in [0.05, 0.1) is 17.5 Å². The van der Waals surface area contributed by atoms with Crippen LogP contribution in [0.1, 0.15) is 40.5 Å². The van der Waals surface area contributed by atoms with E-state index in [2.05, 4.69) is 4.72 Å². The van der Waals surface area contributed by atoms with E-state index in [1.165, 1.54) is 23.6 Å². The summed E-state index contributed by atoms with van der Waals surface area (Å²) in [5.41, 5.74) is -2.05. The summed E-state index contributed by atoms with van der Waals surface area (Å²) >= 11 is 0. The molecule has 3 rings (SSSR count). The van der Waals surface area contributed by atoms with Crippen LogP contribution < -0.4 is 14.9 Å². The van der Waals surface area contributed by atoms with Gasteiger partial charge in [0.15, 0.2) is 23.3 Å². The molecule has 1 aromatic carbocycles. The third-order valence-corrected chi connectivity index (χ3v) is 7.84. The standard InChI is InChI=1S/C21H30F4N4O4S/c1-11(2)34(31,32)27-14-5-7-28(8-6-14)21(30)26-19-15(22)17(24)20(18(25)16(19)23)29-9-12(3)33-13(4)10-29/h11-14,27H,5-10H2,1-4H3,(H,26,30)/t12-,13+. The van der Waals surface area contributed by atoms with Crippen molar-refractivity contribution < 1.29 is 35.5 Å². The first-order valence-electron chi connectivity index (χ1n) is 11.1. The number of hydrogen-bond acceptors (Lipinski definition) is 5. The van der Waals surface area contributed by atoms with E-state index in [4.69, 9.17) is 4.74 Å². The fourth-order valence-corrected chi connectivity index (χ4v) is 5.10. The van der Waals surface area contributed by atoms with Crippen LogP contribution in [0.25, 0.3) is 0 Å². The van der Waals surface area contributed by atoms with Gasteiger partial charge >= 0.3 is 6.03 Å². The normalized spacial score (nSPS) is 22.4. The van der Waals surface area contributed by atoms with E-state index in [0.717, 1.165) is 0 Å². The lowest BCUT2D eigenvalue weighted by Gasteiger charge is -2.37. The number of carbonyl (C=O) groups is 1. The van der Waals surface area contributed by atoms with E-state index >= 15 is 0 Å². The van der Waals surface area contributed by atoms with Crippen LogP contribution in [0.5, 0.6) is 0 Å². The first-order valence-corrected chi connectivity index (χ1v) is 12.7. The molecule has 2 fully saturated rings. The number of carbonyl (C=O) groups excluding carboxylic acids is 1. The molecular weight excluding hydrogens is 480 g/mol. The van der Waals surface area contributed by atoms with E-state index in [1.807, 2.05) is 5.32 Å². The molecule has 34 heavy (non-hydrogen) atoms. The fourth-order valence-electron chi connectivity index (χ4n) is 4.12. The highest BCUT2D eigenvalue weighted by atomic mass is 32.2. The van der Waals surface area contributed by atoms with Gasteiger partial charge < -0.3 is 19.9 Å². The van der Waals surface area contributed by atoms with Gasteiger partial charge in [-0.15, -0.1) is 0 Å². The van der Waals surface area contributed by atoms with Crippen molar-refractivity contribution in [1.29, 1.82) is 0 Å². The number of sulfonamides is 1. The molecule has 2 N–H and O–H groups in total. The molecule has 2 aliphatic heterocycles. The monoisotopic (exact) mass is 510 g/mol. The van der Waals surface area contributed by atoms with Crippen molar-refractivity contribution in [2.75, 3.05) is 36.4 Å². The summed E-state index contributed by atoms with van der Waals surface area (Å²) in [7, 11) is -3.49. The second-order valence-corrected chi connectivity index (χ2v) is 11.3. The van der Waals surface area contributed by atoms with Crippen LogP contribution in [0.3, 0.4) is 0 Å². The number of morpholine rings is 1. The van der Waals surface area contributed by atoms with Crippen LogP contribution in [-0.4, -0.2) is 69.0 Å². The van der Waals surface area contributed by atoms with Gasteiger partial charge in [0, 0.05) is 32.2 Å². The zero-order chi connectivity index (χ0) is 25.4. The Bertz CT molecular complexity index is 993. The van der Waals surface area contributed by atoms with Crippen LogP contribution in [-0.2, 0) is 14.8 Å². The maximum Gasteiger partial charge on any atom is 0.322 e. The van der Waals surface area contributed by atoms with Crippen LogP contribution in [0, 0.1) is 23.3 Å². The Balaban J connectivity index is 1.72. The lowest BCUT2D eigenvalue weighted by atomic mass is 10.1. The van der Waals surface area contributed by atoms with Gasteiger partial charge in [-0.25, -0.2) is 35.5 Å². The van der Waals surface area contributed by atoms with Crippen molar-refractivity contribution in [3.63, 3.8) is 0 Å². The Hall–Kier alpha value is -2.12. The highest BCUT2D eigenvalue weighted by molar-refractivity contribution is 7.90. The van der Waals surface area contributed by atoms with Crippen molar-refractivity contribution in [3.8, 4) is 0 Å². The van der Waals surface area contributed by atoms with Gasteiger partial charge in [0.1, 0.15) is 11.4 Å². The first kappa shape index (κ1) is 26.5. The minimum atomic E-state index is -3.49. The van der Waals surface area contributed by atoms with E-state index in [1.54, 1.807) is 13.8 Å². The third kappa shape index (κ3) is 5.57. The minimum Gasteiger partial charge on any atom is -0.372 e. The van der Waals surface area contributed by atoms with Gasteiger partial charge in [-0.3, -0.25) is 0 Å². The number of amides is 2. The van der Waals surface area contributed by atoms with Gasteiger partial charge in [0.2, 0.25) is 10.0 Å². The predicted octanol–water partition coefficient (Wildman–Crippen LogP) is 3.18. The number of ether oxygens (including phenoxy) is 1. The molecule has 2 saturated heterocycles. The molecule has 0 spiro atoms. The summed E-state index contributed by atoms with van der Waals surface area (Å²) in [6.07, 6.45) is -0.249. The van der Waals surface area contributed by atoms with Gasteiger partial charge in [-0.2, -0.15) is 0 Å². The summed E-state index contributed by atoms with van der Waals surface area (Å²) in [5.74, 6) is -6.60. The molecule has 0 aromatic heterocycles. The summed E-state index contributed by atoms with van der Waals surface area (Å²) in [5, 5.41) is 1.32. The SMILES string of the molecule is CC(C)S(=O)(=O)NC1CCN(C(=O)Nc2c(F)c(F)c(N3C[C@@H](C)O[C@@H](C)C3)c(F)c2F)CC1. The lowest BCUT2D eigenvalue weighted by Crippen LogP contribution is -2.49. The molecule has 0 bridgehead atoms. The number of halogens is 4. The molecule has 2 heterocycles. The smallest absolute Gasteiger partial charge is 0.322 e. The molecule has 0 aliphatic carbocycles. The fraction of sp³-hybridized carbons (Fsp3) is 0.667. The number of rotatable bonds is 5. The molecule has 0 saturated carbocycles. The van der Waals surface area contributed by atoms with E-state index in [-0.39, 0.29) is 39.0 Å². The number of nitrogens with one attached hydrogen (secondary N) is 2. The molecule has 192 valence electrons. The van der Waals surface area contributed by atoms with Crippen molar-refractivity contribution in [2.24, 2.45) is 0 Å². The van der Waals surface area contributed by atoms with Crippen LogP contribution in [0.2, 0.25) is 0 Å². The topological polar surface area (TPSA) is 91.0 Å². The molecule has 0 unspecified atom stereocenters. The largest absolute Gasteiger partial charge is 0.372 e. The Labute approximate surface area is 196 Å². The summed E-state index contributed by atoms with van der Waals surface area (Å²) in [6, 6.07) is -1.33. The van der Waals surface area contributed by atoms with Crippen molar-refractivity contribution in [3.05, 3.63) is 23.3 Å². The number of nitrogens with zero attached hydrogens (tertiary/aromatic N) is 2. The second kappa shape index (κ2) is 10.2. The average Bonchev–Trinajstić information content (AvgIpc) is 2.75. The minimum absolute atomic E-state index is 0.0400. The zero-order valence-corrected chi connectivity index (χ0v) is 20.3. The molecule has 2 atom stereocenters. The maximum absolute atomic E-state index is 14.8. The van der Waals surface area contributed by atoms with Gasteiger partial charge in [0.25, 0.3) is 0 Å². The molecule has 2 aliphatic rings. The molecule has 13 heteroatoms. The zero-order valence-electron chi connectivity index (χ0n) is 19.5. The third-order valence-electron chi connectivity index (χ3n) is 5.94. The van der Waals surface area contributed by atoms with E-state index < -0.39 is 74.2 Å². The highest BCUT2D eigenvalue weighted by Crippen LogP contribution is 2.35. The summed E-state index contributed by atoms with van der Waals surface area (Å²) in [4.78, 5) is 14.9. The number of anilines is 2. The predicted molar refractivity (Wildman–Crippen MR) is 119 cm³/mol. The van der Waals surface area contributed by atoms with Gasteiger partial charge in [-0.1, -0.05) is 0 Å². The van der Waals surface area contributed by atoms with E-state index in [0.29, 0.717) is 0 Å². The molecule has 2 amide bonds. The molecular formula is C21H30F4N4O4S. The maximum atomic E-state index is 14.8. The quantitative estimate of drug-likeness (QED) is 0.469. The van der Waals surface area contributed by atoms with Crippen LogP contribution >= 0.6 is 0 Å². The summed E-state index contributed by atoms with van der Waals surface area (Å²) in [6.45, 7) is 6.69. The first-order chi connectivity index (χ1) is 15.8. The van der Waals surface area contributed by atoms with Crippen molar-refractivity contribution in [1.82, 2.24) is 9.62 Å². The lowest BCUT2D eigenvalue weighted by molar-refractivity contribution is -0.00565. The van der Waals surface area contributed by atoms with Crippen molar-refractivity contribution in [2.45, 2.75) is 64.0 Å². The van der Waals surface area contributed by atoms with Crippen molar-refractivity contribution >= 4 is 27.4 Å². The number of hydrogen-bond donors (Lipinski definition) is 2. The number of benzene rings is 1. The van der Waals surface area contributed by atoms with Crippen LogP contribution in [0.15, 0.2) is 0 Å². The second-order valence-electron chi connectivity index (χ2n) is 9.04. The Morgan fingerprint density at radius 1 is 0.971 bits per heavy atom. The average molecular weight is 511 g/mol. The molecule has 8 nitrogen and oxygen atoms in total. The number of urea groups is 1. The van der Waals surface area contributed by atoms with E-state index in [9.17, 15) is 30.8 Å². The molecule has 1 aromatic rings. The Morgan fingerprint density at radius 3 is 1.94 bits per heavy atom. The Kier molecular flexibility index (Phi) is 7.98. The van der Waals surface area contributed by atoms with Crippen LogP contribution in [0.4, 0.5) is 33.7 Å². The number of piperidine rings is 1. The summed E-state index contributed by atoms with van der Waals surface area (Å²) < 4.78 is 91.2. The Morgan fingerprint density at radius 2 is 1.47 bits per heavy atom. The molecule has 0 radical (unpaired) electrons. The highest BCUT2D eigenvalue weighted by Gasteiger charge is 2.34. The number of likely N-dealkylation sites (tertiary alicyclic amines) is 1. The van der Waals surface area contributed by atoms with Gasteiger partial charge in [-0.05, 0) is 40.5 Å².